The van der Waals surface area contributed by atoms with Gasteiger partial charge >= 0.3 is 5.97 Å². The standard InChI is InChI=1S/C11H13NO4/c13-6-5-8-1-3-9(4-2-8)12-10(14)7-11(15)16/h1-4,13H,5-7H2,(H,12,14)(H,15,16). The van der Waals surface area contributed by atoms with Gasteiger partial charge in [0.05, 0.1) is 0 Å². The molecule has 0 aliphatic rings. The Labute approximate surface area is 92.7 Å². The lowest BCUT2D eigenvalue weighted by Crippen LogP contribution is -2.15. The van der Waals surface area contributed by atoms with E-state index in [1.165, 1.54) is 0 Å². The Hall–Kier alpha value is -1.88. The minimum absolute atomic E-state index is 0.0741. The van der Waals surface area contributed by atoms with E-state index in [-0.39, 0.29) is 6.61 Å². The van der Waals surface area contributed by atoms with Crippen molar-refractivity contribution < 1.29 is 19.8 Å². The van der Waals surface area contributed by atoms with Gasteiger partial charge in [-0.15, -0.1) is 0 Å². The number of benzene rings is 1. The number of aliphatic hydroxyl groups is 1. The number of aliphatic carboxylic acids is 1. The van der Waals surface area contributed by atoms with Crippen molar-refractivity contribution >= 4 is 17.6 Å². The zero-order valence-corrected chi connectivity index (χ0v) is 8.64. The molecule has 0 aromatic heterocycles. The van der Waals surface area contributed by atoms with Gasteiger partial charge in [-0.05, 0) is 24.1 Å². The highest BCUT2D eigenvalue weighted by Gasteiger charge is 2.07. The first kappa shape index (κ1) is 12.2. The molecule has 86 valence electrons. The summed E-state index contributed by atoms with van der Waals surface area (Å²) in [6.45, 7) is 0.0741. The normalized spacial score (nSPS) is 9.81. The summed E-state index contributed by atoms with van der Waals surface area (Å²) in [7, 11) is 0. The molecule has 0 fully saturated rings. The van der Waals surface area contributed by atoms with E-state index in [1.54, 1.807) is 24.3 Å². The predicted molar refractivity (Wildman–Crippen MR) is 58.1 cm³/mol. The van der Waals surface area contributed by atoms with Crippen LogP contribution in [0.2, 0.25) is 0 Å². The van der Waals surface area contributed by atoms with Crippen LogP contribution in [0.25, 0.3) is 0 Å². The minimum atomic E-state index is -1.16. The van der Waals surface area contributed by atoms with E-state index >= 15 is 0 Å². The molecule has 0 aliphatic heterocycles. The molecular formula is C11H13NO4. The number of hydrogen-bond donors (Lipinski definition) is 3. The second-order valence-corrected chi connectivity index (χ2v) is 3.29. The van der Waals surface area contributed by atoms with Gasteiger partial charge in [-0.3, -0.25) is 9.59 Å². The number of carbonyl (C=O) groups is 2. The van der Waals surface area contributed by atoms with Crippen LogP contribution < -0.4 is 5.32 Å². The highest BCUT2D eigenvalue weighted by molar-refractivity contribution is 6.01. The van der Waals surface area contributed by atoms with Crippen LogP contribution in [0.4, 0.5) is 5.69 Å². The number of rotatable bonds is 5. The predicted octanol–water partition coefficient (Wildman–Crippen LogP) is 0.635. The van der Waals surface area contributed by atoms with Gasteiger partial charge < -0.3 is 15.5 Å². The lowest BCUT2D eigenvalue weighted by atomic mass is 10.1. The third kappa shape index (κ3) is 4.10. The average Bonchev–Trinajstić information content (AvgIpc) is 2.20. The highest BCUT2D eigenvalue weighted by atomic mass is 16.4. The van der Waals surface area contributed by atoms with Gasteiger partial charge in [-0.1, -0.05) is 12.1 Å². The van der Waals surface area contributed by atoms with Gasteiger partial charge in [-0.2, -0.15) is 0 Å². The Morgan fingerprint density at radius 2 is 1.81 bits per heavy atom. The molecule has 0 bridgehead atoms. The van der Waals surface area contributed by atoms with Crippen molar-refractivity contribution in [2.45, 2.75) is 12.8 Å². The van der Waals surface area contributed by atoms with Gasteiger partial charge in [0.25, 0.3) is 0 Å². The van der Waals surface area contributed by atoms with Crippen molar-refractivity contribution in [1.82, 2.24) is 0 Å². The molecule has 16 heavy (non-hydrogen) atoms. The molecule has 1 aromatic carbocycles. The van der Waals surface area contributed by atoms with Crippen LogP contribution in [0.1, 0.15) is 12.0 Å². The van der Waals surface area contributed by atoms with Crippen molar-refractivity contribution in [3.8, 4) is 0 Å². The number of amides is 1. The molecule has 1 rings (SSSR count). The molecule has 0 atom stereocenters. The Balaban J connectivity index is 2.54. The Morgan fingerprint density at radius 3 is 2.31 bits per heavy atom. The number of nitrogens with one attached hydrogen (secondary N) is 1. The maximum Gasteiger partial charge on any atom is 0.312 e. The second-order valence-electron chi connectivity index (χ2n) is 3.29. The van der Waals surface area contributed by atoms with E-state index in [4.69, 9.17) is 10.2 Å². The molecule has 3 N–H and O–H groups in total. The van der Waals surface area contributed by atoms with Gasteiger partial charge in [0.1, 0.15) is 6.42 Å². The van der Waals surface area contributed by atoms with Gasteiger partial charge in [-0.25, -0.2) is 0 Å². The fourth-order valence-corrected chi connectivity index (χ4v) is 1.23. The summed E-state index contributed by atoms with van der Waals surface area (Å²) in [6.07, 6.45) is 0.0156. The lowest BCUT2D eigenvalue weighted by Gasteiger charge is -2.04. The summed E-state index contributed by atoms with van der Waals surface area (Å²) in [4.78, 5) is 21.4. The smallest absolute Gasteiger partial charge is 0.312 e. The van der Waals surface area contributed by atoms with Gasteiger partial charge in [0.2, 0.25) is 5.91 Å². The number of aliphatic hydroxyl groups excluding tert-OH is 1. The fraction of sp³-hybridized carbons (Fsp3) is 0.273. The first-order valence-corrected chi connectivity index (χ1v) is 4.83. The monoisotopic (exact) mass is 223 g/mol. The van der Waals surface area contributed by atoms with Crippen molar-refractivity contribution in [2.75, 3.05) is 11.9 Å². The average molecular weight is 223 g/mol. The zero-order valence-electron chi connectivity index (χ0n) is 8.64. The van der Waals surface area contributed by atoms with Crippen molar-refractivity contribution in [2.24, 2.45) is 0 Å². The number of carboxylic acids is 1. The molecular weight excluding hydrogens is 210 g/mol. The molecule has 1 aromatic rings. The third-order valence-corrected chi connectivity index (χ3v) is 1.95. The van der Waals surface area contributed by atoms with Crippen molar-refractivity contribution in [3.63, 3.8) is 0 Å². The minimum Gasteiger partial charge on any atom is -0.481 e. The maximum atomic E-state index is 11.1. The molecule has 0 aliphatic carbocycles. The summed E-state index contributed by atoms with van der Waals surface area (Å²) in [5, 5.41) is 19.5. The molecule has 0 saturated heterocycles. The molecule has 0 spiro atoms. The maximum absolute atomic E-state index is 11.1. The molecule has 0 radical (unpaired) electrons. The SMILES string of the molecule is O=C(O)CC(=O)Nc1ccc(CCO)cc1. The van der Waals surface area contributed by atoms with E-state index in [1.807, 2.05) is 0 Å². The number of carboxylic acid groups (broad SMARTS) is 1. The Kier molecular flexibility index (Phi) is 4.47. The quantitative estimate of drug-likeness (QED) is 0.639. The van der Waals surface area contributed by atoms with Crippen LogP contribution in [0.3, 0.4) is 0 Å². The van der Waals surface area contributed by atoms with Crippen LogP contribution in [0.15, 0.2) is 24.3 Å². The summed E-state index contributed by atoms with van der Waals surface area (Å²) in [5.41, 5.74) is 1.51. The molecule has 0 unspecified atom stereocenters. The summed E-state index contributed by atoms with van der Waals surface area (Å²) in [6, 6.07) is 6.88. The van der Waals surface area contributed by atoms with Crippen LogP contribution >= 0.6 is 0 Å². The summed E-state index contributed by atoms with van der Waals surface area (Å²) < 4.78 is 0. The largest absolute Gasteiger partial charge is 0.481 e. The highest BCUT2D eigenvalue weighted by Crippen LogP contribution is 2.10. The summed E-state index contributed by atoms with van der Waals surface area (Å²) in [5.74, 6) is -1.71. The van der Waals surface area contributed by atoms with Crippen LogP contribution in [0.5, 0.6) is 0 Å². The topological polar surface area (TPSA) is 86.6 Å². The summed E-state index contributed by atoms with van der Waals surface area (Å²) >= 11 is 0. The zero-order chi connectivity index (χ0) is 12.0. The van der Waals surface area contributed by atoms with Crippen molar-refractivity contribution in [3.05, 3.63) is 29.8 Å². The van der Waals surface area contributed by atoms with Gasteiger partial charge in [0, 0.05) is 12.3 Å². The first-order valence-electron chi connectivity index (χ1n) is 4.83. The van der Waals surface area contributed by atoms with Gasteiger partial charge in [0.15, 0.2) is 0 Å². The third-order valence-electron chi connectivity index (χ3n) is 1.95. The van der Waals surface area contributed by atoms with Crippen LogP contribution in [-0.2, 0) is 16.0 Å². The number of hydrogen-bond acceptors (Lipinski definition) is 3. The molecule has 5 heteroatoms. The molecule has 0 saturated carbocycles. The fourth-order valence-electron chi connectivity index (χ4n) is 1.23. The van der Waals surface area contributed by atoms with E-state index in [2.05, 4.69) is 5.32 Å². The number of anilines is 1. The lowest BCUT2D eigenvalue weighted by molar-refractivity contribution is -0.139. The Bertz CT molecular complexity index is 372. The van der Waals surface area contributed by atoms with Crippen LogP contribution in [-0.4, -0.2) is 28.7 Å². The van der Waals surface area contributed by atoms with E-state index in [0.29, 0.717) is 12.1 Å². The van der Waals surface area contributed by atoms with E-state index in [0.717, 1.165) is 5.56 Å². The Morgan fingerprint density at radius 1 is 1.19 bits per heavy atom. The molecule has 5 nitrogen and oxygen atoms in total. The number of carbonyl (C=O) groups excluding carboxylic acids is 1. The second kappa shape index (κ2) is 5.87. The van der Waals surface area contributed by atoms with Crippen LogP contribution in [0, 0.1) is 0 Å². The molecule has 0 heterocycles. The van der Waals surface area contributed by atoms with E-state index < -0.39 is 18.3 Å². The first-order chi connectivity index (χ1) is 7.61. The van der Waals surface area contributed by atoms with E-state index in [9.17, 15) is 9.59 Å². The molecule has 1 amide bonds. The van der Waals surface area contributed by atoms with Crippen molar-refractivity contribution in [1.29, 1.82) is 0 Å².